The number of rotatable bonds is 8. The minimum Gasteiger partial charge on any atom is -0.456 e. The van der Waals surface area contributed by atoms with Crippen LogP contribution in [0.2, 0.25) is 0 Å². The van der Waals surface area contributed by atoms with E-state index >= 15 is 0 Å². The maximum Gasteiger partial charge on any atom is 0.136 e. The number of hydrogen-bond donors (Lipinski definition) is 0. The van der Waals surface area contributed by atoms with E-state index in [0.717, 1.165) is 66.9 Å². The van der Waals surface area contributed by atoms with Crippen LogP contribution in [-0.4, -0.2) is 4.57 Å². The van der Waals surface area contributed by atoms with Crippen LogP contribution in [0.3, 0.4) is 0 Å². The van der Waals surface area contributed by atoms with Crippen molar-refractivity contribution in [2.24, 2.45) is 0 Å². The number of aromatic nitrogens is 1. The molecule has 0 bridgehead atoms. The Hall–Kier alpha value is -8.40. The maximum absolute atomic E-state index is 6.34. The third-order valence-corrected chi connectivity index (χ3v) is 12.4. The molecule has 0 saturated heterocycles. The summed E-state index contributed by atoms with van der Waals surface area (Å²) in [5, 5.41) is 4.75. The summed E-state index contributed by atoms with van der Waals surface area (Å²) in [4.78, 5) is 2.38. The summed E-state index contributed by atoms with van der Waals surface area (Å²) < 4.78 is 8.75. The molecule has 0 fully saturated rings. The lowest BCUT2D eigenvalue weighted by Gasteiger charge is -2.27. The molecule has 10 aromatic carbocycles. The number of anilines is 3. The van der Waals surface area contributed by atoms with E-state index in [1.165, 1.54) is 44.1 Å². The first-order valence-electron chi connectivity index (χ1n) is 21.5. The van der Waals surface area contributed by atoms with E-state index in [9.17, 15) is 0 Å². The fourth-order valence-electron chi connectivity index (χ4n) is 9.58. The molecule has 0 aliphatic rings. The summed E-state index contributed by atoms with van der Waals surface area (Å²) in [6.07, 6.45) is 0. The molecule has 12 rings (SSSR count). The van der Waals surface area contributed by atoms with Gasteiger partial charge in [-0.15, -0.1) is 0 Å². The largest absolute Gasteiger partial charge is 0.456 e. The zero-order valence-electron chi connectivity index (χ0n) is 34.4. The monoisotopic (exact) mass is 804 g/mol. The van der Waals surface area contributed by atoms with Crippen molar-refractivity contribution in [2.75, 3.05) is 4.90 Å². The fourth-order valence-corrected chi connectivity index (χ4v) is 9.58. The van der Waals surface area contributed by atoms with Gasteiger partial charge < -0.3 is 13.9 Å². The third-order valence-electron chi connectivity index (χ3n) is 12.4. The van der Waals surface area contributed by atoms with Gasteiger partial charge in [-0.05, 0) is 106 Å². The second kappa shape index (κ2) is 15.3. The van der Waals surface area contributed by atoms with Crippen LogP contribution in [0.15, 0.2) is 247 Å². The minimum atomic E-state index is 0.887. The van der Waals surface area contributed by atoms with Crippen LogP contribution in [0.25, 0.3) is 93.9 Å². The summed E-state index contributed by atoms with van der Waals surface area (Å²) >= 11 is 0. The van der Waals surface area contributed by atoms with Crippen LogP contribution >= 0.6 is 0 Å². The Balaban J connectivity index is 1.01. The molecule has 3 heteroatoms. The standard InChI is InChI=1S/C60H40N2O/c1-2-17-41(18-3-1)48-23-4-5-24-49(48)43-19-14-21-46(39-43)61(47-22-15-20-44(40-47)51-29-16-34-59-60(51)54-28-9-13-33-58(54)63-59)45-37-35-42(36-38-45)50-25-6-10-30-55(50)62-56-31-11-7-26-52(56)53-27-8-12-32-57(53)62/h1-40H. The zero-order valence-corrected chi connectivity index (χ0v) is 34.4. The van der Waals surface area contributed by atoms with Gasteiger partial charge in [0.1, 0.15) is 11.2 Å². The van der Waals surface area contributed by atoms with E-state index in [1.54, 1.807) is 0 Å². The van der Waals surface area contributed by atoms with Gasteiger partial charge in [-0.2, -0.15) is 0 Å². The molecule has 0 saturated carbocycles. The van der Waals surface area contributed by atoms with Gasteiger partial charge in [-0.3, -0.25) is 0 Å². The van der Waals surface area contributed by atoms with E-state index in [1.807, 2.05) is 12.1 Å². The van der Waals surface area contributed by atoms with E-state index in [-0.39, 0.29) is 0 Å². The molecular weight excluding hydrogens is 765 g/mol. The number of para-hydroxylation sites is 4. The van der Waals surface area contributed by atoms with Gasteiger partial charge >= 0.3 is 0 Å². The molecule has 0 amide bonds. The fraction of sp³-hybridized carbons (Fsp3) is 0. The van der Waals surface area contributed by atoms with Crippen LogP contribution in [-0.2, 0) is 0 Å². The number of nitrogens with zero attached hydrogens (tertiary/aromatic N) is 2. The summed E-state index contributed by atoms with van der Waals surface area (Å²) in [7, 11) is 0. The average molecular weight is 805 g/mol. The topological polar surface area (TPSA) is 21.3 Å². The highest BCUT2D eigenvalue weighted by Crippen LogP contribution is 2.43. The van der Waals surface area contributed by atoms with E-state index in [0.29, 0.717) is 0 Å². The van der Waals surface area contributed by atoms with Crippen LogP contribution in [0, 0.1) is 0 Å². The molecule has 0 radical (unpaired) electrons. The Morgan fingerprint density at radius 3 is 1.48 bits per heavy atom. The number of fused-ring (bicyclic) bond motifs is 6. The van der Waals surface area contributed by atoms with Gasteiger partial charge in [0.05, 0.1) is 16.7 Å². The summed E-state index contributed by atoms with van der Waals surface area (Å²) in [6, 6.07) is 87.1. The van der Waals surface area contributed by atoms with Crippen molar-refractivity contribution in [3.63, 3.8) is 0 Å². The van der Waals surface area contributed by atoms with Gasteiger partial charge in [0.15, 0.2) is 0 Å². The molecule has 0 atom stereocenters. The van der Waals surface area contributed by atoms with Crippen LogP contribution in [0.1, 0.15) is 0 Å². The molecule has 0 aliphatic heterocycles. The molecule has 0 N–H and O–H groups in total. The van der Waals surface area contributed by atoms with Crippen molar-refractivity contribution in [3.05, 3.63) is 243 Å². The summed E-state index contributed by atoms with van der Waals surface area (Å²) in [5.41, 5.74) is 17.8. The van der Waals surface area contributed by atoms with Crippen molar-refractivity contribution >= 4 is 60.8 Å². The lowest BCUT2D eigenvalue weighted by Crippen LogP contribution is -2.10. The molecule has 0 aliphatic carbocycles. The van der Waals surface area contributed by atoms with Gasteiger partial charge in [-0.25, -0.2) is 0 Å². The van der Waals surface area contributed by atoms with Gasteiger partial charge in [-0.1, -0.05) is 176 Å². The van der Waals surface area contributed by atoms with Gasteiger partial charge in [0, 0.05) is 44.2 Å². The van der Waals surface area contributed by atoms with Crippen molar-refractivity contribution in [1.29, 1.82) is 0 Å². The molecule has 3 nitrogen and oxygen atoms in total. The number of hydrogen-bond acceptors (Lipinski definition) is 2. The highest BCUT2D eigenvalue weighted by Gasteiger charge is 2.19. The molecule has 2 aromatic heterocycles. The molecular formula is C60H40N2O. The smallest absolute Gasteiger partial charge is 0.136 e. The van der Waals surface area contributed by atoms with Gasteiger partial charge in [0.2, 0.25) is 0 Å². The second-order valence-corrected chi connectivity index (χ2v) is 16.1. The predicted molar refractivity (Wildman–Crippen MR) is 264 cm³/mol. The zero-order chi connectivity index (χ0) is 41.7. The Labute approximate surface area is 366 Å². The van der Waals surface area contributed by atoms with Crippen molar-refractivity contribution in [1.82, 2.24) is 4.57 Å². The Morgan fingerprint density at radius 2 is 0.778 bits per heavy atom. The van der Waals surface area contributed by atoms with Crippen LogP contribution in [0.5, 0.6) is 0 Å². The maximum atomic E-state index is 6.34. The van der Waals surface area contributed by atoms with Crippen LogP contribution < -0.4 is 4.90 Å². The Morgan fingerprint density at radius 1 is 0.302 bits per heavy atom. The lowest BCUT2D eigenvalue weighted by atomic mass is 9.94. The predicted octanol–water partition coefficient (Wildman–Crippen LogP) is 16.8. The molecule has 0 spiro atoms. The van der Waals surface area contributed by atoms with Crippen molar-refractivity contribution < 1.29 is 4.42 Å². The van der Waals surface area contributed by atoms with Crippen molar-refractivity contribution in [3.8, 4) is 50.2 Å². The Bertz CT molecular complexity index is 3580. The highest BCUT2D eigenvalue weighted by molar-refractivity contribution is 6.13. The highest BCUT2D eigenvalue weighted by atomic mass is 16.3. The van der Waals surface area contributed by atoms with E-state index < -0.39 is 0 Å². The summed E-state index contributed by atoms with van der Waals surface area (Å²) in [5.74, 6) is 0. The molecule has 63 heavy (non-hydrogen) atoms. The molecule has 0 unspecified atom stereocenters. The normalized spacial score (nSPS) is 11.5. The summed E-state index contributed by atoms with van der Waals surface area (Å²) in [6.45, 7) is 0. The second-order valence-electron chi connectivity index (χ2n) is 16.1. The van der Waals surface area contributed by atoms with Gasteiger partial charge in [0.25, 0.3) is 0 Å². The minimum absolute atomic E-state index is 0.887. The van der Waals surface area contributed by atoms with Crippen molar-refractivity contribution in [2.45, 2.75) is 0 Å². The lowest BCUT2D eigenvalue weighted by molar-refractivity contribution is 0.669. The molecule has 2 heterocycles. The number of furan rings is 1. The van der Waals surface area contributed by atoms with E-state index in [4.69, 9.17) is 4.42 Å². The first-order chi connectivity index (χ1) is 31.3. The Kier molecular flexibility index (Phi) is 8.83. The van der Waals surface area contributed by atoms with E-state index in [2.05, 4.69) is 240 Å². The quantitative estimate of drug-likeness (QED) is 0.153. The average Bonchev–Trinajstić information content (AvgIpc) is 3.91. The third kappa shape index (κ3) is 6.29. The first kappa shape index (κ1) is 36.5. The van der Waals surface area contributed by atoms with Crippen LogP contribution in [0.4, 0.5) is 17.1 Å². The number of benzene rings is 10. The first-order valence-corrected chi connectivity index (χ1v) is 21.5. The molecule has 296 valence electrons. The molecule has 12 aromatic rings. The SMILES string of the molecule is c1ccc(-c2ccccc2-c2cccc(N(c3ccc(-c4ccccc4-n4c5ccccc5c5ccccc54)cc3)c3cccc(-c4cccc5oc6ccccc6c45)c3)c2)cc1.